The van der Waals surface area contributed by atoms with E-state index in [1.54, 1.807) is 24.3 Å². The number of anilines is 1. The van der Waals surface area contributed by atoms with Crippen LogP contribution >= 0.6 is 11.6 Å². The summed E-state index contributed by atoms with van der Waals surface area (Å²) in [5, 5.41) is 3.58. The number of rotatable bonds is 11. The molecule has 0 radical (unpaired) electrons. The van der Waals surface area contributed by atoms with Crippen molar-refractivity contribution in [3.63, 3.8) is 0 Å². The number of hydrogen-bond donors (Lipinski definition) is 1. The molecule has 0 spiro atoms. The first kappa shape index (κ1) is 28.0. The lowest BCUT2D eigenvalue weighted by molar-refractivity contribution is -0.140. The zero-order valence-corrected chi connectivity index (χ0v) is 22.8. The Kier molecular flexibility index (Phi) is 9.79. The van der Waals surface area contributed by atoms with Gasteiger partial charge >= 0.3 is 0 Å². The van der Waals surface area contributed by atoms with Crippen molar-refractivity contribution in [1.82, 2.24) is 10.2 Å². The number of aryl methyl sites for hydroxylation is 1. The number of carbonyl (C=O) groups excluding carboxylic acids is 2. The molecule has 1 atom stereocenters. The third-order valence-electron chi connectivity index (χ3n) is 6.70. The van der Waals surface area contributed by atoms with Crippen LogP contribution in [0.2, 0.25) is 5.02 Å². The molecule has 36 heavy (non-hydrogen) atoms. The second kappa shape index (κ2) is 12.6. The van der Waals surface area contributed by atoms with Gasteiger partial charge in [-0.05, 0) is 55.0 Å². The molecular weight excluding hydrogens is 498 g/mol. The van der Waals surface area contributed by atoms with E-state index in [1.165, 1.54) is 4.90 Å². The summed E-state index contributed by atoms with van der Waals surface area (Å²) < 4.78 is 26.5. The minimum atomic E-state index is -3.76. The van der Waals surface area contributed by atoms with E-state index in [0.717, 1.165) is 48.2 Å². The van der Waals surface area contributed by atoms with Crippen LogP contribution in [-0.4, -0.2) is 50.0 Å². The highest BCUT2D eigenvalue weighted by molar-refractivity contribution is 7.92. The van der Waals surface area contributed by atoms with Gasteiger partial charge in [-0.15, -0.1) is 0 Å². The summed E-state index contributed by atoms with van der Waals surface area (Å²) in [5.41, 5.74) is 2.16. The number of halogens is 1. The number of amides is 2. The highest BCUT2D eigenvalue weighted by atomic mass is 35.5. The van der Waals surface area contributed by atoms with Crippen LogP contribution in [0.4, 0.5) is 5.69 Å². The lowest BCUT2D eigenvalue weighted by Gasteiger charge is -2.33. The van der Waals surface area contributed by atoms with E-state index >= 15 is 0 Å². The Bertz CT molecular complexity index is 1150. The van der Waals surface area contributed by atoms with Crippen LogP contribution in [0.25, 0.3) is 0 Å². The van der Waals surface area contributed by atoms with Crippen LogP contribution in [0.3, 0.4) is 0 Å². The predicted molar refractivity (Wildman–Crippen MR) is 144 cm³/mol. The largest absolute Gasteiger partial charge is 0.352 e. The summed E-state index contributed by atoms with van der Waals surface area (Å²) in [4.78, 5) is 28.5. The van der Waals surface area contributed by atoms with E-state index in [0.29, 0.717) is 22.7 Å². The SMILES string of the molecule is CCc1ccc(N(CC(=O)N(Cc2ccccc2Cl)[C@H](CC)C(=O)NC2CCCC2)S(C)(=O)=O)cc1. The van der Waals surface area contributed by atoms with Crippen LogP contribution in [0.15, 0.2) is 48.5 Å². The molecule has 1 saturated carbocycles. The van der Waals surface area contributed by atoms with Gasteiger partial charge in [0.25, 0.3) is 0 Å². The molecule has 1 aliphatic rings. The summed E-state index contributed by atoms with van der Waals surface area (Å²) in [5.74, 6) is -0.684. The highest BCUT2D eigenvalue weighted by Gasteiger charge is 2.33. The van der Waals surface area contributed by atoms with Gasteiger partial charge in [0.1, 0.15) is 12.6 Å². The number of carbonyl (C=O) groups is 2. The molecule has 0 aliphatic heterocycles. The Hall–Kier alpha value is -2.58. The van der Waals surface area contributed by atoms with E-state index in [-0.39, 0.29) is 18.5 Å². The summed E-state index contributed by atoms with van der Waals surface area (Å²) in [6.45, 7) is 3.55. The van der Waals surface area contributed by atoms with Gasteiger partial charge in [-0.25, -0.2) is 8.42 Å². The van der Waals surface area contributed by atoms with Crippen molar-refractivity contribution in [2.45, 2.75) is 71.0 Å². The summed E-state index contributed by atoms with van der Waals surface area (Å²) in [6.07, 6.45) is 6.29. The number of sulfonamides is 1. The second-order valence-corrected chi connectivity index (χ2v) is 11.6. The fourth-order valence-corrected chi connectivity index (χ4v) is 5.65. The Morgan fingerprint density at radius 2 is 1.69 bits per heavy atom. The normalized spacial score (nSPS) is 14.9. The number of nitrogens with one attached hydrogen (secondary N) is 1. The minimum absolute atomic E-state index is 0.0987. The van der Waals surface area contributed by atoms with E-state index in [9.17, 15) is 18.0 Å². The third-order valence-corrected chi connectivity index (χ3v) is 8.21. The smallest absolute Gasteiger partial charge is 0.244 e. The molecule has 0 unspecified atom stereocenters. The molecule has 1 fully saturated rings. The van der Waals surface area contributed by atoms with Gasteiger partial charge < -0.3 is 10.2 Å². The number of nitrogens with zero attached hydrogens (tertiary/aromatic N) is 2. The van der Waals surface area contributed by atoms with Gasteiger partial charge in [0, 0.05) is 17.6 Å². The zero-order valence-electron chi connectivity index (χ0n) is 21.2. The second-order valence-electron chi connectivity index (χ2n) is 9.32. The van der Waals surface area contributed by atoms with Crippen molar-refractivity contribution < 1.29 is 18.0 Å². The predicted octanol–water partition coefficient (Wildman–Crippen LogP) is 4.53. The maximum atomic E-state index is 13.8. The molecule has 0 bridgehead atoms. The van der Waals surface area contributed by atoms with Crippen molar-refractivity contribution in [2.24, 2.45) is 0 Å². The van der Waals surface area contributed by atoms with Crippen LogP contribution in [0.5, 0.6) is 0 Å². The van der Waals surface area contributed by atoms with Gasteiger partial charge in [0.2, 0.25) is 21.8 Å². The van der Waals surface area contributed by atoms with E-state index < -0.39 is 28.5 Å². The maximum Gasteiger partial charge on any atom is 0.244 e. The van der Waals surface area contributed by atoms with Gasteiger partial charge in [0.05, 0.1) is 11.9 Å². The Morgan fingerprint density at radius 1 is 1.06 bits per heavy atom. The van der Waals surface area contributed by atoms with E-state index in [1.807, 2.05) is 38.1 Å². The summed E-state index contributed by atoms with van der Waals surface area (Å²) >= 11 is 6.40. The average molecular weight is 534 g/mol. The lowest BCUT2D eigenvalue weighted by atomic mass is 10.1. The molecular formula is C27H36ClN3O4S. The van der Waals surface area contributed by atoms with Crippen molar-refractivity contribution in [3.8, 4) is 0 Å². The fraction of sp³-hybridized carbons (Fsp3) is 0.481. The van der Waals surface area contributed by atoms with Gasteiger partial charge in [0.15, 0.2) is 0 Å². The Balaban J connectivity index is 1.92. The molecule has 0 saturated heterocycles. The summed E-state index contributed by atoms with van der Waals surface area (Å²) in [6, 6.07) is 13.6. The van der Waals surface area contributed by atoms with Gasteiger partial charge in [-0.3, -0.25) is 13.9 Å². The third kappa shape index (κ3) is 7.23. The van der Waals surface area contributed by atoms with Crippen LogP contribution in [-0.2, 0) is 32.6 Å². The van der Waals surface area contributed by atoms with E-state index in [2.05, 4.69) is 5.32 Å². The molecule has 2 aromatic carbocycles. The first-order valence-corrected chi connectivity index (χ1v) is 14.8. The molecule has 2 amide bonds. The van der Waals surface area contributed by atoms with Gasteiger partial charge in [-0.1, -0.05) is 68.6 Å². The van der Waals surface area contributed by atoms with Crippen LogP contribution < -0.4 is 9.62 Å². The standard InChI is InChI=1S/C27H36ClN3O4S/c1-4-20-14-16-23(17-15-20)31(36(3,34)35)19-26(32)30(18-21-10-6-9-13-24(21)28)25(5-2)27(33)29-22-11-7-8-12-22/h6,9-10,13-17,22,25H,4-5,7-8,11-12,18-19H2,1-3H3,(H,29,33)/t25-/m1/s1. The highest BCUT2D eigenvalue weighted by Crippen LogP contribution is 2.24. The topological polar surface area (TPSA) is 86.8 Å². The average Bonchev–Trinajstić information content (AvgIpc) is 3.36. The molecule has 1 N–H and O–H groups in total. The van der Waals surface area contributed by atoms with Crippen molar-refractivity contribution in [3.05, 3.63) is 64.7 Å². The monoisotopic (exact) mass is 533 g/mol. The summed E-state index contributed by atoms with van der Waals surface area (Å²) in [7, 11) is -3.76. The Morgan fingerprint density at radius 3 is 2.25 bits per heavy atom. The lowest BCUT2D eigenvalue weighted by Crippen LogP contribution is -2.53. The first-order chi connectivity index (χ1) is 17.1. The number of hydrogen-bond acceptors (Lipinski definition) is 4. The maximum absolute atomic E-state index is 13.8. The first-order valence-electron chi connectivity index (χ1n) is 12.5. The fourth-order valence-electron chi connectivity index (χ4n) is 4.61. The molecule has 3 rings (SSSR count). The van der Waals surface area contributed by atoms with Crippen LogP contribution in [0, 0.1) is 0 Å². The number of benzene rings is 2. The minimum Gasteiger partial charge on any atom is -0.352 e. The van der Waals surface area contributed by atoms with Crippen LogP contribution in [0.1, 0.15) is 57.1 Å². The van der Waals surface area contributed by atoms with Crippen molar-refractivity contribution in [1.29, 1.82) is 0 Å². The van der Waals surface area contributed by atoms with Gasteiger partial charge in [-0.2, -0.15) is 0 Å². The molecule has 7 nitrogen and oxygen atoms in total. The molecule has 0 heterocycles. The Labute approximate surface area is 219 Å². The van der Waals surface area contributed by atoms with Crippen molar-refractivity contribution in [2.75, 3.05) is 17.1 Å². The molecule has 1 aliphatic carbocycles. The molecule has 9 heteroatoms. The molecule has 0 aromatic heterocycles. The molecule has 2 aromatic rings. The van der Waals surface area contributed by atoms with Crippen molar-refractivity contribution >= 4 is 39.1 Å². The zero-order chi connectivity index (χ0) is 26.3. The van der Waals surface area contributed by atoms with E-state index in [4.69, 9.17) is 11.6 Å². The molecule has 196 valence electrons. The quantitative estimate of drug-likeness (QED) is 0.459.